The van der Waals surface area contributed by atoms with E-state index in [2.05, 4.69) is 15.3 Å². The maximum absolute atomic E-state index is 11.3. The first-order valence-electron chi connectivity index (χ1n) is 6.91. The van der Waals surface area contributed by atoms with Gasteiger partial charge in [-0.25, -0.2) is 4.98 Å². The fraction of sp³-hybridized carbons (Fsp3) is 0.333. The standard InChI is InChI=1S/C15H17N3O3/c1-10-17-14(9-15(19)18-10)16-5-4-11-2-3-12-13(8-11)21-7-6-20-12/h2-3,8-9H,4-7H2,1H3,(H2,16,17,18,19). The molecule has 0 saturated carbocycles. The monoisotopic (exact) mass is 287 g/mol. The van der Waals surface area contributed by atoms with Crippen molar-refractivity contribution >= 4 is 5.82 Å². The van der Waals surface area contributed by atoms with Gasteiger partial charge in [0, 0.05) is 12.6 Å². The fourth-order valence-corrected chi connectivity index (χ4v) is 2.25. The molecule has 2 heterocycles. The highest BCUT2D eigenvalue weighted by Gasteiger charge is 2.11. The van der Waals surface area contributed by atoms with E-state index in [0.717, 1.165) is 23.5 Å². The molecule has 0 radical (unpaired) electrons. The third-order valence-electron chi connectivity index (χ3n) is 3.19. The van der Waals surface area contributed by atoms with Crippen LogP contribution in [0.25, 0.3) is 0 Å². The van der Waals surface area contributed by atoms with Crippen molar-refractivity contribution in [2.45, 2.75) is 13.3 Å². The Morgan fingerprint density at radius 3 is 2.86 bits per heavy atom. The van der Waals surface area contributed by atoms with Gasteiger partial charge in [0.05, 0.1) is 0 Å². The predicted octanol–water partition coefficient (Wildman–Crippen LogP) is 1.50. The zero-order valence-corrected chi connectivity index (χ0v) is 11.8. The molecule has 0 aliphatic carbocycles. The van der Waals surface area contributed by atoms with E-state index in [1.54, 1.807) is 6.92 Å². The van der Waals surface area contributed by atoms with Gasteiger partial charge in [0.15, 0.2) is 11.5 Å². The molecule has 1 aromatic carbocycles. The van der Waals surface area contributed by atoms with Gasteiger partial charge in [0.2, 0.25) is 0 Å². The van der Waals surface area contributed by atoms with Gasteiger partial charge in [0.25, 0.3) is 5.56 Å². The molecule has 3 rings (SSSR count). The second kappa shape index (κ2) is 5.87. The first-order chi connectivity index (χ1) is 10.2. The molecule has 0 saturated heterocycles. The van der Waals surface area contributed by atoms with Crippen LogP contribution in [-0.2, 0) is 6.42 Å². The number of benzene rings is 1. The Kier molecular flexibility index (Phi) is 3.77. The number of rotatable bonds is 4. The minimum Gasteiger partial charge on any atom is -0.486 e. The van der Waals surface area contributed by atoms with Gasteiger partial charge in [-0.15, -0.1) is 0 Å². The lowest BCUT2D eigenvalue weighted by Gasteiger charge is -2.18. The number of aryl methyl sites for hydroxylation is 1. The number of aromatic amines is 1. The van der Waals surface area contributed by atoms with Crippen molar-refractivity contribution in [3.8, 4) is 11.5 Å². The molecule has 0 unspecified atom stereocenters. The van der Waals surface area contributed by atoms with Crippen molar-refractivity contribution in [1.82, 2.24) is 9.97 Å². The second-order valence-electron chi connectivity index (χ2n) is 4.87. The van der Waals surface area contributed by atoms with Crippen LogP contribution in [-0.4, -0.2) is 29.7 Å². The van der Waals surface area contributed by atoms with Crippen LogP contribution in [0.4, 0.5) is 5.82 Å². The summed E-state index contributed by atoms with van der Waals surface area (Å²) in [5, 5.41) is 3.15. The lowest BCUT2D eigenvalue weighted by Crippen LogP contribution is -2.16. The van der Waals surface area contributed by atoms with E-state index in [0.29, 0.717) is 31.4 Å². The summed E-state index contributed by atoms with van der Waals surface area (Å²) in [6, 6.07) is 7.40. The van der Waals surface area contributed by atoms with Crippen LogP contribution in [0.1, 0.15) is 11.4 Å². The molecular weight excluding hydrogens is 270 g/mol. The van der Waals surface area contributed by atoms with Crippen LogP contribution in [0.15, 0.2) is 29.1 Å². The number of H-pyrrole nitrogens is 1. The number of fused-ring (bicyclic) bond motifs is 1. The van der Waals surface area contributed by atoms with Gasteiger partial charge >= 0.3 is 0 Å². The molecule has 6 nitrogen and oxygen atoms in total. The molecule has 0 atom stereocenters. The average Bonchev–Trinajstić information content (AvgIpc) is 2.46. The Balaban J connectivity index is 1.61. The Labute approximate surface area is 122 Å². The minimum atomic E-state index is -0.149. The van der Waals surface area contributed by atoms with Crippen LogP contribution < -0.4 is 20.3 Å². The largest absolute Gasteiger partial charge is 0.486 e. The van der Waals surface area contributed by atoms with Gasteiger partial charge < -0.3 is 19.8 Å². The van der Waals surface area contributed by atoms with Crippen LogP contribution in [0.2, 0.25) is 0 Å². The van der Waals surface area contributed by atoms with Gasteiger partial charge in [-0.2, -0.15) is 0 Å². The molecule has 0 spiro atoms. The fourth-order valence-electron chi connectivity index (χ4n) is 2.25. The molecule has 0 fully saturated rings. The summed E-state index contributed by atoms with van der Waals surface area (Å²) in [7, 11) is 0. The van der Waals surface area contributed by atoms with E-state index in [4.69, 9.17) is 9.47 Å². The second-order valence-corrected chi connectivity index (χ2v) is 4.87. The van der Waals surface area contributed by atoms with Crippen molar-refractivity contribution in [3.05, 3.63) is 46.0 Å². The number of aromatic nitrogens is 2. The van der Waals surface area contributed by atoms with Crippen molar-refractivity contribution in [2.24, 2.45) is 0 Å². The van der Waals surface area contributed by atoms with Gasteiger partial charge in [-0.3, -0.25) is 4.79 Å². The summed E-state index contributed by atoms with van der Waals surface area (Å²) in [6.45, 7) is 3.63. The summed E-state index contributed by atoms with van der Waals surface area (Å²) < 4.78 is 11.0. The predicted molar refractivity (Wildman–Crippen MR) is 79.2 cm³/mol. The van der Waals surface area contributed by atoms with Crippen molar-refractivity contribution < 1.29 is 9.47 Å². The minimum absolute atomic E-state index is 0.149. The van der Waals surface area contributed by atoms with E-state index in [-0.39, 0.29) is 5.56 Å². The topological polar surface area (TPSA) is 76.2 Å². The van der Waals surface area contributed by atoms with Crippen molar-refractivity contribution in [1.29, 1.82) is 0 Å². The maximum atomic E-state index is 11.3. The third kappa shape index (κ3) is 3.34. The molecule has 1 aromatic heterocycles. The van der Waals surface area contributed by atoms with E-state index in [1.807, 2.05) is 18.2 Å². The first-order valence-corrected chi connectivity index (χ1v) is 6.91. The van der Waals surface area contributed by atoms with Gasteiger partial charge in [0.1, 0.15) is 24.9 Å². The zero-order valence-electron chi connectivity index (χ0n) is 11.8. The quantitative estimate of drug-likeness (QED) is 0.891. The highest BCUT2D eigenvalue weighted by molar-refractivity contribution is 5.44. The zero-order chi connectivity index (χ0) is 14.7. The molecule has 2 N–H and O–H groups in total. The maximum Gasteiger partial charge on any atom is 0.252 e. The first kappa shape index (κ1) is 13.5. The molecule has 21 heavy (non-hydrogen) atoms. The average molecular weight is 287 g/mol. The summed E-state index contributed by atoms with van der Waals surface area (Å²) in [5.41, 5.74) is 0.998. The number of nitrogens with one attached hydrogen (secondary N) is 2. The summed E-state index contributed by atoms with van der Waals surface area (Å²) >= 11 is 0. The van der Waals surface area contributed by atoms with Gasteiger partial charge in [-0.1, -0.05) is 6.07 Å². The van der Waals surface area contributed by atoms with Crippen molar-refractivity contribution in [3.63, 3.8) is 0 Å². The highest BCUT2D eigenvalue weighted by atomic mass is 16.6. The summed E-state index contributed by atoms with van der Waals surface area (Å²) in [5.74, 6) is 2.78. The highest BCUT2D eigenvalue weighted by Crippen LogP contribution is 2.30. The van der Waals surface area contributed by atoms with E-state index < -0.39 is 0 Å². The molecule has 1 aliphatic rings. The Bertz CT molecular complexity index is 697. The molecule has 2 aromatic rings. The number of hydrogen-bond acceptors (Lipinski definition) is 5. The number of ether oxygens (including phenoxy) is 2. The number of hydrogen-bond donors (Lipinski definition) is 2. The Morgan fingerprint density at radius 2 is 2.05 bits per heavy atom. The van der Waals surface area contributed by atoms with E-state index in [9.17, 15) is 4.79 Å². The molecular formula is C15H17N3O3. The Morgan fingerprint density at radius 1 is 1.24 bits per heavy atom. The van der Waals surface area contributed by atoms with Gasteiger partial charge in [-0.05, 0) is 31.0 Å². The lowest BCUT2D eigenvalue weighted by atomic mass is 10.1. The molecule has 0 bridgehead atoms. The number of nitrogens with zero attached hydrogens (tertiary/aromatic N) is 1. The van der Waals surface area contributed by atoms with Crippen LogP contribution >= 0.6 is 0 Å². The smallest absolute Gasteiger partial charge is 0.252 e. The molecule has 0 amide bonds. The SMILES string of the molecule is Cc1nc(NCCc2ccc3c(c2)OCCO3)cc(=O)[nH]1. The normalized spacial score (nSPS) is 13.0. The molecule has 1 aliphatic heterocycles. The third-order valence-corrected chi connectivity index (χ3v) is 3.19. The summed E-state index contributed by atoms with van der Waals surface area (Å²) in [6.07, 6.45) is 0.810. The molecule has 110 valence electrons. The van der Waals surface area contributed by atoms with Crippen LogP contribution in [0.5, 0.6) is 11.5 Å². The Hall–Kier alpha value is -2.50. The lowest BCUT2D eigenvalue weighted by molar-refractivity contribution is 0.171. The van der Waals surface area contributed by atoms with E-state index >= 15 is 0 Å². The van der Waals surface area contributed by atoms with E-state index in [1.165, 1.54) is 6.07 Å². The number of anilines is 1. The van der Waals surface area contributed by atoms with Crippen molar-refractivity contribution in [2.75, 3.05) is 25.1 Å². The summed E-state index contributed by atoms with van der Waals surface area (Å²) in [4.78, 5) is 18.2. The molecule has 6 heteroatoms. The van der Waals surface area contributed by atoms with Crippen LogP contribution in [0.3, 0.4) is 0 Å². The van der Waals surface area contributed by atoms with Crippen LogP contribution in [0, 0.1) is 6.92 Å².